The van der Waals surface area contributed by atoms with E-state index < -0.39 is 0 Å². The van der Waals surface area contributed by atoms with Crippen molar-refractivity contribution in [2.45, 2.75) is 55.4 Å². The first-order valence-corrected chi connectivity index (χ1v) is 9.77. The van der Waals surface area contributed by atoms with E-state index in [0.29, 0.717) is 0 Å². The molecule has 1 aromatic heterocycles. The number of aliphatic hydroxyl groups is 1. The van der Waals surface area contributed by atoms with Gasteiger partial charge in [0.05, 0.1) is 11.3 Å². The van der Waals surface area contributed by atoms with Gasteiger partial charge >= 0.3 is 0 Å². The van der Waals surface area contributed by atoms with Crippen LogP contribution >= 0.6 is 0 Å². The number of benzene rings is 2. The van der Waals surface area contributed by atoms with Crippen LogP contribution in [0.25, 0.3) is 22.2 Å². The second-order valence-electron chi connectivity index (χ2n) is 7.76. The Hall–Kier alpha value is -2.29. The average molecular weight is 581 g/mol. The Labute approximate surface area is 193 Å². The third-order valence-electron chi connectivity index (χ3n) is 5.05. The van der Waals surface area contributed by atoms with Crippen molar-refractivity contribution >= 4 is 16.7 Å². The SMILES string of the molecule is CC(=O)/C=C(/C)O.Cc1[c-]c(-c2nc3ccc(C)c(C)c3c(C)c2C)cc(C)c1.[Ir]. The molecule has 3 rings (SSSR count). The Morgan fingerprint density at radius 3 is 2.10 bits per heavy atom. The molecule has 0 fully saturated rings. The molecule has 3 aromatic rings. The first-order chi connectivity index (χ1) is 13.5. The van der Waals surface area contributed by atoms with Crippen molar-refractivity contribution < 1.29 is 30.0 Å². The maximum Gasteiger partial charge on any atom is 0.155 e. The summed E-state index contributed by atoms with van der Waals surface area (Å²) in [6.07, 6.45) is 1.17. The summed E-state index contributed by atoms with van der Waals surface area (Å²) < 4.78 is 0. The van der Waals surface area contributed by atoms with Gasteiger partial charge in [0.15, 0.2) is 5.78 Å². The number of hydrogen-bond acceptors (Lipinski definition) is 3. The summed E-state index contributed by atoms with van der Waals surface area (Å²) in [5, 5.41) is 9.66. The van der Waals surface area contributed by atoms with Crippen LogP contribution in [0.2, 0.25) is 0 Å². The van der Waals surface area contributed by atoms with Crippen LogP contribution in [0.5, 0.6) is 0 Å². The molecule has 3 nitrogen and oxygen atoms in total. The smallest absolute Gasteiger partial charge is 0.155 e. The van der Waals surface area contributed by atoms with E-state index in [9.17, 15) is 4.79 Å². The molecule has 0 spiro atoms. The number of rotatable bonds is 2. The fourth-order valence-electron chi connectivity index (χ4n) is 3.52. The zero-order valence-electron chi connectivity index (χ0n) is 19.0. The minimum atomic E-state index is -0.125. The molecule has 4 heteroatoms. The van der Waals surface area contributed by atoms with Crippen LogP contribution in [0.1, 0.15) is 47.2 Å². The molecule has 0 saturated carbocycles. The fourth-order valence-corrected chi connectivity index (χ4v) is 3.52. The zero-order valence-corrected chi connectivity index (χ0v) is 21.4. The molecule has 0 bridgehead atoms. The third-order valence-corrected chi connectivity index (χ3v) is 5.05. The molecule has 1 heterocycles. The Kier molecular flexibility index (Phi) is 9.14. The Morgan fingerprint density at radius 1 is 0.967 bits per heavy atom. The van der Waals surface area contributed by atoms with Gasteiger partial charge in [-0.15, -0.1) is 34.9 Å². The zero-order chi connectivity index (χ0) is 21.9. The topological polar surface area (TPSA) is 50.2 Å². The van der Waals surface area contributed by atoms with Crippen LogP contribution in [0.4, 0.5) is 0 Å². The fraction of sp³-hybridized carbons (Fsp3) is 0.308. The minimum Gasteiger partial charge on any atom is -0.512 e. The maximum atomic E-state index is 10.0. The minimum absolute atomic E-state index is 0. The molecule has 1 radical (unpaired) electrons. The van der Waals surface area contributed by atoms with Gasteiger partial charge in [-0.25, -0.2) is 0 Å². The predicted molar refractivity (Wildman–Crippen MR) is 122 cm³/mol. The van der Waals surface area contributed by atoms with E-state index in [4.69, 9.17) is 10.1 Å². The van der Waals surface area contributed by atoms with Crippen molar-refractivity contribution in [2.24, 2.45) is 0 Å². The van der Waals surface area contributed by atoms with Crippen LogP contribution in [0.15, 0.2) is 36.1 Å². The summed E-state index contributed by atoms with van der Waals surface area (Å²) in [6, 6.07) is 12.1. The van der Waals surface area contributed by atoms with Crippen molar-refractivity contribution in [1.82, 2.24) is 4.98 Å². The van der Waals surface area contributed by atoms with Gasteiger partial charge in [0.1, 0.15) is 0 Å². The first kappa shape index (κ1) is 25.7. The Bertz CT molecular complexity index is 1090. The number of ketones is 1. The van der Waals surface area contributed by atoms with Crippen LogP contribution in [-0.4, -0.2) is 15.9 Å². The van der Waals surface area contributed by atoms with Gasteiger partial charge in [-0.3, -0.25) is 9.78 Å². The standard InChI is InChI=1S/C21H22N.C5H8O2.Ir/c1-12-9-13(2)11-18(10-12)21-17(6)16(5)20-15(4)14(3)7-8-19(20)22-21;1-4(6)3-5(2)7;/h7-10H,1-6H3;3,6H,1-2H3;/q-1;;/b;4-3-;. The van der Waals surface area contributed by atoms with E-state index in [-0.39, 0.29) is 31.6 Å². The van der Waals surface area contributed by atoms with Crippen molar-refractivity contribution in [2.75, 3.05) is 0 Å². The van der Waals surface area contributed by atoms with Crippen molar-refractivity contribution in [3.63, 3.8) is 0 Å². The largest absolute Gasteiger partial charge is 0.512 e. The maximum absolute atomic E-state index is 10.0. The van der Waals surface area contributed by atoms with Crippen molar-refractivity contribution in [3.8, 4) is 11.3 Å². The molecule has 161 valence electrons. The molecule has 30 heavy (non-hydrogen) atoms. The second-order valence-corrected chi connectivity index (χ2v) is 7.76. The van der Waals surface area contributed by atoms with E-state index in [1.165, 1.54) is 53.1 Å². The first-order valence-electron chi connectivity index (χ1n) is 9.77. The van der Waals surface area contributed by atoms with Gasteiger partial charge in [-0.2, -0.15) is 0 Å². The summed E-state index contributed by atoms with van der Waals surface area (Å²) in [4.78, 5) is 15.0. The van der Waals surface area contributed by atoms with Gasteiger partial charge in [-0.1, -0.05) is 25.5 Å². The van der Waals surface area contributed by atoms with E-state index in [1.807, 2.05) is 0 Å². The number of allylic oxidation sites excluding steroid dienone is 2. The number of carbonyl (C=O) groups excluding carboxylic acids is 1. The third kappa shape index (κ3) is 6.10. The molecular weight excluding hydrogens is 551 g/mol. The number of hydrogen-bond donors (Lipinski definition) is 1. The van der Waals surface area contributed by atoms with E-state index in [1.54, 1.807) is 0 Å². The van der Waals surface area contributed by atoms with Crippen LogP contribution in [-0.2, 0) is 24.9 Å². The summed E-state index contributed by atoms with van der Waals surface area (Å²) >= 11 is 0. The monoisotopic (exact) mass is 581 g/mol. The van der Waals surface area contributed by atoms with E-state index in [2.05, 4.69) is 71.9 Å². The quantitative estimate of drug-likeness (QED) is 0.212. The number of fused-ring (bicyclic) bond motifs is 1. The molecule has 0 unspecified atom stereocenters. The second kappa shape index (κ2) is 10.7. The van der Waals surface area contributed by atoms with Crippen molar-refractivity contribution in [1.29, 1.82) is 0 Å². The summed E-state index contributed by atoms with van der Waals surface area (Å²) in [5.41, 5.74) is 10.9. The van der Waals surface area contributed by atoms with Gasteiger partial charge < -0.3 is 5.11 Å². The van der Waals surface area contributed by atoms with Crippen LogP contribution in [0.3, 0.4) is 0 Å². The van der Waals surface area contributed by atoms with Crippen LogP contribution in [0, 0.1) is 47.6 Å². The Balaban J connectivity index is 0.000000489. The van der Waals surface area contributed by atoms with Crippen LogP contribution < -0.4 is 0 Å². The molecule has 1 N–H and O–H groups in total. The van der Waals surface area contributed by atoms with Crippen molar-refractivity contribution in [3.05, 3.63) is 75.5 Å². The average Bonchev–Trinajstić information content (AvgIpc) is 2.59. The summed E-state index contributed by atoms with van der Waals surface area (Å²) in [5.74, 6) is -0.0625. The molecular formula is C26H30IrNO2-. The molecule has 0 aliphatic rings. The van der Waals surface area contributed by atoms with Gasteiger partial charge in [0, 0.05) is 31.6 Å². The normalized spacial score (nSPS) is 10.9. The van der Waals surface area contributed by atoms with Gasteiger partial charge in [0.25, 0.3) is 0 Å². The Morgan fingerprint density at radius 2 is 1.60 bits per heavy atom. The number of aliphatic hydroxyl groups excluding tert-OH is 1. The number of nitrogens with zero attached hydrogens (tertiary/aromatic N) is 1. The summed E-state index contributed by atoms with van der Waals surface area (Å²) in [7, 11) is 0. The van der Waals surface area contributed by atoms with Gasteiger partial charge in [0.2, 0.25) is 0 Å². The molecule has 2 aromatic carbocycles. The summed E-state index contributed by atoms with van der Waals surface area (Å²) in [6.45, 7) is 15.8. The number of aromatic nitrogens is 1. The number of carbonyl (C=O) groups is 1. The molecule has 0 aliphatic heterocycles. The van der Waals surface area contributed by atoms with E-state index >= 15 is 0 Å². The predicted octanol–water partition coefficient (Wildman–Crippen LogP) is 6.59. The van der Waals surface area contributed by atoms with Gasteiger partial charge in [-0.05, 0) is 70.0 Å². The van der Waals surface area contributed by atoms with E-state index in [0.717, 1.165) is 22.3 Å². The number of pyridine rings is 1. The molecule has 0 amide bonds. The number of aryl methyl sites for hydroxylation is 5. The molecule has 0 saturated heterocycles. The molecule has 0 aliphatic carbocycles. The molecule has 0 atom stereocenters.